The first-order valence-electron chi connectivity index (χ1n) is 5.74. The minimum atomic E-state index is 0.258. The summed E-state index contributed by atoms with van der Waals surface area (Å²) in [7, 11) is 0. The summed E-state index contributed by atoms with van der Waals surface area (Å²) in [6, 6.07) is 8.70. The van der Waals surface area contributed by atoms with Gasteiger partial charge in [0.15, 0.2) is 0 Å². The molecule has 1 saturated carbocycles. The first-order valence-corrected chi connectivity index (χ1v) is 5.74. The fraction of sp³-hybridized carbons (Fsp3) is 0.333. The average molecular weight is 196 g/mol. The molecule has 0 heteroatoms. The minimum absolute atomic E-state index is 0.258. The number of hydrogen-bond donors (Lipinski definition) is 0. The molecule has 0 heterocycles. The summed E-state index contributed by atoms with van der Waals surface area (Å²) in [6.07, 6.45) is 5.20. The third kappa shape index (κ3) is 0.971. The highest BCUT2D eigenvalue weighted by molar-refractivity contribution is 5.88. The molecule has 0 unspecified atom stereocenters. The summed E-state index contributed by atoms with van der Waals surface area (Å²) in [4.78, 5) is 0. The molecule has 0 amide bonds. The van der Waals surface area contributed by atoms with Gasteiger partial charge in [-0.2, -0.15) is 0 Å². The second-order valence-electron chi connectivity index (χ2n) is 4.79. The Bertz CT molecular complexity index is 445. The van der Waals surface area contributed by atoms with Crippen molar-refractivity contribution < 1.29 is 0 Å². The summed E-state index contributed by atoms with van der Waals surface area (Å²) >= 11 is 0. The molecule has 0 aromatic heterocycles. The second-order valence-corrected chi connectivity index (χ2v) is 4.79. The van der Waals surface area contributed by atoms with Crippen molar-refractivity contribution in [3.8, 4) is 0 Å². The lowest BCUT2D eigenvalue weighted by Crippen LogP contribution is -2.19. The standard InChI is InChI=1S/C15H16/c1-11-12(2)15(9-5-6-10-15)14-8-4-3-7-13(11)14/h3-4,7-8H,1-2,5-6,9-10H2. The molecule has 2 aliphatic rings. The molecule has 0 N–H and O–H groups in total. The normalized spacial score (nSPS) is 22.4. The Balaban J connectivity index is 2.26. The number of fused-ring (bicyclic) bond motifs is 2. The van der Waals surface area contributed by atoms with E-state index in [4.69, 9.17) is 0 Å². The van der Waals surface area contributed by atoms with Crippen molar-refractivity contribution in [2.75, 3.05) is 0 Å². The van der Waals surface area contributed by atoms with E-state index in [1.165, 1.54) is 48.0 Å². The Morgan fingerprint density at radius 1 is 1.00 bits per heavy atom. The topological polar surface area (TPSA) is 0 Å². The van der Waals surface area contributed by atoms with E-state index in [0.29, 0.717) is 0 Å². The smallest absolute Gasteiger partial charge is 0.0209 e. The molecule has 0 atom stereocenters. The van der Waals surface area contributed by atoms with E-state index < -0.39 is 0 Å². The lowest BCUT2D eigenvalue weighted by Gasteiger charge is -2.25. The highest BCUT2D eigenvalue weighted by atomic mass is 14.5. The van der Waals surface area contributed by atoms with Crippen LogP contribution in [-0.2, 0) is 5.41 Å². The van der Waals surface area contributed by atoms with Gasteiger partial charge in [0.2, 0.25) is 0 Å². The van der Waals surface area contributed by atoms with Crippen LogP contribution in [0.3, 0.4) is 0 Å². The first-order chi connectivity index (χ1) is 7.26. The van der Waals surface area contributed by atoms with Gasteiger partial charge in [0.25, 0.3) is 0 Å². The monoisotopic (exact) mass is 196 g/mol. The van der Waals surface area contributed by atoms with E-state index in [-0.39, 0.29) is 5.41 Å². The molecule has 1 aromatic rings. The van der Waals surface area contributed by atoms with Crippen molar-refractivity contribution in [2.24, 2.45) is 0 Å². The van der Waals surface area contributed by atoms with E-state index in [0.717, 1.165) is 0 Å². The van der Waals surface area contributed by atoms with Crippen LogP contribution in [-0.4, -0.2) is 0 Å². The summed E-state index contributed by atoms with van der Waals surface area (Å²) < 4.78 is 0. The van der Waals surface area contributed by atoms with Gasteiger partial charge >= 0.3 is 0 Å². The minimum Gasteiger partial charge on any atom is -0.0943 e. The van der Waals surface area contributed by atoms with E-state index in [1.54, 1.807) is 0 Å². The summed E-state index contributed by atoms with van der Waals surface area (Å²) in [5.74, 6) is 0. The van der Waals surface area contributed by atoms with E-state index in [1.807, 2.05) is 0 Å². The third-order valence-electron chi connectivity index (χ3n) is 4.17. The molecule has 0 bridgehead atoms. The zero-order valence-corrected chi connectivity index (χ0v) is 9.05. The molecular formula is C15H16. The maximum Gasteiger partial charge on any atom is 0.0209 e. The lowest BCUT2D eigenvalue weighted by atomic mass is 9.77. The predicted octanol–water partition coefficient (Wildman–Crippen LogP) is 4.08. The fourth-order valence-electron chi connectivity index (χ4n) is 3.33. The van der Waals surface area contributed by atoms with Crippen molar-refractivity contribution in [1.29, 1.82) is 0 Å². The van der Waals surface area contributed by atoms with Crippen LogP contribution >= 0.6 is 0 Å². The van der Waals surface area contributed by atoms with Gasteiger partial charge in [0.05, 0.1) is 0 Å². The quantitative estimate of drug-likeness (QED) is 0.586. The van der Waals surface area contributed by atoms with Crippen molar-refractivity contribution in [2.45, 2.75) is 31.1 Å². The molecule has 0 radical (unpaired) electrons. The van der Waals surface area contributed by atoms with Gasteiger partial charge < -0.3 is 0 Å². The van der Waals surface area contributed by atoms with Crippen molar-refractivity contribution in [3.63, 3.8) is 0 Å². The molecule has 3 rings (SSSR count). The van der Waals surface area contributed by atoms with Crippen LogP contribution in [0.2, 0.25) is 0 Å². The molecule has 1 aromatic carbocycles. The molecule has 15 heavy (non-hydrogen) atoms. The average Bonchev–Trinajstić information content (AvgIpc) is 2.83. The van der Waals surface area contributed by atoms with Gasteiger partial charge in [-0.1, -0.05) is 50.3 Å². The molecule has 0 saturated heterocycles. The number of allylic oxidation sites excluding steroid dienone is 2. The molecule has 1 fully saturated rings. The highest BCUT2D eigenvalue weighted by Gasteiger charge is 2.45. The Morgan fingerprint density at radius 2 is 1.67 bits per heavy atom. The van der Waals surface area contributed by atoms with Crippen LogP contribution in [0.15, 0.2) is 43.0 Å². The van der Waals surface area contributed by atoms with Gasteiger partial charge in [-0.05, 0) is 35.1 Å². The van der Waals surface area contributed by atoms with Crippen LogP contribution in [0.5, 0.6) is 0 Å². The molecule has 0 aliphatic heterocycles. The zero-order chi connectivity index (χ0) is 10.5. The van der Waals surface area contributed by atoms with Crippen LogP contribution in [0, 0.1) is 0 Å². The van der Waals surface area contributed by atoms with E-state index >= 15 is 0 Å². The molecule has 0 nitrogen and oxygen atoms in total. The Kier molecular flexibility index (Phi) is 1.70. The molecule has 2 aliphatic carbocycles. The Hall–Kier alpha value is -1.30. The Morgan fingerprint density at radius 3 is 2.40 bits per heavy atom. The lowest BCUT2D eigenvalue weighted by molar-refractivity contribution is 0.552. The van der Waals surface area contributed by atoms with Crippen molar-refractivity contribution in [1.82, 2.24) is 0 Å². The number of hydrogen-bond acceptors (Lipinski definition) is 0. The van der Waals surface area contributed by atoms with Gasteiger partial charge in [0, 0.05) is 5.41 Å². The Labute approximate surface area is 91.3 Å². The first kappa shape index (κ1) is 8.96. The highest BCUT2D eigenvalue weighted by Crippen LogP contribution is 2.56. The van der Waals surface area contributed by atoms with Crippen LogP contribution in [0.4, 0.5) is 0 Å². The van der Waals surface area contributed by atoms with E-state index in [2.05, 4.69) is 37.4 Å². The third-order valence-corrected chi connectivity index (χ3v) is 4.17. The van der Waals surface area contributed by atoms with Crippen molar-refractivity contribution in [3.05, 3.63) is 54.1 Å². The van der Waals surface area contributed by atoms with Gasteiger partial charge in [0.1, 0.15) is 0 Å². The van der Waals surface area contributed by atoms with E-state index in [9.17, 15) is 0 Å². The molecular weight excluding hydrogens is 180 g/mol. The van der Waals surface area contributed by atoms with Crippen LogP contribution in [0.25, 0.3) is 5.57 Å². The molecule has 76 valence electrons. The summed E-state index contributed by atoms with van der Waals surface area (Å²) in [6.45, 7) is 8.48. The van der Waals surface area contributed by atoms with Gasteiger partial charge in [-0.15, -0.1) is 0 Å². The fourth-order valence-corrected chi connectivity index (χ4v) is 3.33. The largest absolute Gasteiger partial charge is 0.0943 e. The summed E-state index contributed by atoms with van der Waals surface area (Å²) in [5.41, 5.74) is 5.53. The summed E-state index contributed by atoms with van der Waals surface area (Å²) in [5, 5.41) is 0. The van der Waals surface area contributed by atoms with Gasteiger partial charge in [-0.3, -0.25) is 0 Å². The van der Waals surface area contributed by atoms with Crippen LogP contribution < -0.4 is 0 Å². The SMILES string of the molecule is C=C1C(=C)C2(CCCC2)c2ccccc21. The number of benzene rings is 1. The predicted molar refractivity (Wildman–Crippen MR) is 64.8 cm³/mol. The maximum absolute atomic E-state index is 4.29. The van der Waals surface area contributed by atoms with Crippen molar-refractivity contribution >= 4 is 5.57 Å². The van der Waals surface area contributed by atoms with Crippen LogP contribution in [0.1, 0.15) is 36.8 Å². The zero-order valence-electron chi connectivity index (χ0n) is 9.05. The second kappa shape index (κ2) is 2.85. The number of rotatable bonds is 0. The van der Waals surface area contributed by atoms with Gasteiger partial charge in [-0.25, -0.2) is 0 Å². The molecule has 1 spiro atoms. The maximum atomic E-state index is 4.29.